The highest BCUT2D eigenvalue weighted by Crippen LogP contribution is 2.06. The second-order valence-corrected chi connectivity index (χ2v) is 5.43. The van der Waals surface area contributed by atoms with Crippen LogP contribution in [0, 0.1) is 6.92 Å². The number of hydrogen-bond donors (Lipinski definition) is 0. The lowest BCUT2D eigenvalue weighted by Crippen LogP contribution is -2.05. The number of methoxy groups -OCH3 is 1. The number of halogens is 2. The van der Waals surface area contributed by atoms with Gasteiger partial charge in [0.25, 0.3) is 0 Å². The van der Waals surface area contributed by atoms with Gasteiger partial charge in [-0.3, -0.25) is 4.79 Å². The summed E-state index contributed by atoms with van der Waals surface area (Å²) in [5, 5.41) is 0. The molecule has 0 saturated carbocycles. The van der Waals surface area contributed by atoms with Crippen molar-refractivity contribution in [1.29, 1.82) is 0 Å². The van der Waals surface area contributed by atoms with Crippen molar-refractivity contribution in [3.05, 3.63) is 57.0 Å². The number of aryl methyl sites for hydroxylation is 1. The average molecular weight is 432 g/mol. The normalized spacial score (nSPS) is 8.82. The molecule has 0 fully saturated rings. The van der Waals surface area contributed by atoms with E-state index in [1.807, 2.05) is 45.0 Å². The molecule has 0 aliphatic rings. The van der Waals surface area contributed by atoms with E-state index in [0.717, 1.165) is 14.9 Å². The summed E-state index contributed by atoms with van der Waals surface area (Å²) in [5.74, 6) is -0.277. The van der Waals surface area contributed by atoms with Gasteiger partial charge in [0, 0.05) is 5.69 Å². The van der Waals surface area contributed by atoms with E-state index in [1.165, 1.54) is 7.11 Å². The Morgan fingerprint density at radius 1 is 1.05 bits per heavy atom. The monoisotopic (exact) mass is 430 g/mol. The van der Waals surface area contributed by atoms with Gasteiger partial charge < -0.3 is 4.74 Å². The van der Waals surface area contributed by atoms with Crippen LogP contribution in [0.4, 0.5) is 0 Å². The largest absolute Gasteiger partial charge is 0.469 e. The molecule has 4 nitrogen and oxygen atoms in total. The SMILES string of the molecule is CC.COC(=O)Cc1cccc(Br)n1.Cc1cccc(Br)n1. The smallest absolute Gasteiger partial charge is 0.311 e. The van der Waals surface area contributed by atoms with E-state index >= 15 is 0 Å². The highest BCUT2D eigenvalue weighted by atomic mass is 79.9. The molecule has 0 N–H and O–H groups in total. The molecule has 0 atom stereocenters. The predicted octanol–water partition coefficient (Wildman–Crippen LogP) is 4.74. The van der Waals surface area contributed by atoms with E-state index in [9.17, 15) is 4.79 Å². The van der Waals surface area contributed by atoms with Gasteiger partial charge in [-0.1, -0.05) is 26.0 Å². The fraction of sp³-hybridized carbons (Fsp3) is 0.312. The maximum atomic E-state index is 10.8. The molecule has 2 rings (SSSR count). The Morgan fingerprint density at radius 3 is 2.00 bits per heavy atom. The molecule has 2 aromatic rings. The standard InChI is InChI=1S/C8H8BrNO2.C6H6BrN.C2H6/c1-12-8(11)5-6-3-2-4-7(9)10-6;1-5-3-2-4-6(7)8-5;1-2/h2-4H,5H2,1H3;2-4H,1H3;1-2H3. The molecule has 0 aliphatic heterocycles. The van der Waals surface area contributed by atoms with Gasteiger partial charge in [-0.25, -0.2) is 9.97 Å². The van der Waals surface area contributed by atoms with E-state index in [2.05, 4.69) is 46.6 Å². The van der Waals surface area contributed by atoms with Gasteiger partial charge in [0.2, 0.25) is 0 Å². The third-order valence-corrected chi connectivity index (χ3v) is 3.06. The van der Waals surface area contributed by atoms with Crippen molar-refractivity contribution in [2.45, 2.75) is 27.2 Å². The number of ether oxygens (including phenoxy) is 1. The zero-order valence-electron chi connectivity index (χ0n) is 13.1. The second kappa shape index (κ2) is 12.3. The first kappa shape index (κ1) is 20.7. The summed E-state index contributed by atoms with van der Waals surface area (Å²) < 4.78 is 6.13. The van der Waals surface area contributed by atoms with Crippen LogP contribution in [-0.2, 0) is 16.0 Å². The number of carbonyl (C=O) groups is 1. The predicted molar refractivity (Wildman–Crippen MR) is 95.7 cm³/mol. The topological polar surface area (TPSA) is 52.1 Å². The lowest BCUT2D eigenvalue weighted by Gasteiger charge is -1.98. The zero-order valence-corrected chi connectivity index (χ0v) is 16.3. The quantitative estimate of drug-likeness (QED) is 0.509. The number of nitrogens with zero attached hydrogens (tertiary/aromatic N) is 2. The van der Waals surface area contributed by atoms with Crippen LogP contribution in [0.5, 0.6) is 0 Å². The minimum Gasteiger partial charge on any atom is -0.469 e. The van der Waals surface area contributed by atoms with Crippen LogP contribution in [0.15, 0.2) is 45.6 Å². The number of pyridine rings is 2. The minimum absolute atomic E-state index is 0.218. The van der Waals surface area contributed by atoms with Crippen molar-refractivity contribution in [1.82, 2.24) is 9.97 Å². The number of aromatic nitrogens is 2. The molecule has 120 valence electrons. The number of hydrogen-bond acceptors (Lipinski definition) is 4. The first-order valence-corrected chi connectivity index (χ1v) is 8.37. The Balaban J connectivity index is 0.000000382. The highest BCUT2D eigenvalue weighted by Gasteiger charge is 2.03. The highest BCUT2D eigenvalue weighted by molar-refractivity contribution is 9.10. The molecular weight excluding hydrogens is 412 g/mol. The maximum Gasteiger partial charge on any atom is 0.311 e. The summed E-state index contributed by atoms with van der Waals surface area (Å²) in [6.45, 7) is 5.96. The van der Waals surface area contributed by atoms with Crippen molar-refractivity contribution in [2.75, 3.05) is 7.11 Å². The minimum atomic E-state index is -0.277. The lowest BCUT2D eigenvalue weighted by molar-refractivity contribution is -0.139. The van der Waals surface area contributed by atoms with E-state index in [1.54, 1.807) is 12.1 Å². The second-order valence-electron chi connectivity index (χ2n) is 3.81. The van der Waals surface area contributed by atoms with Gasteiger partial charge in [-0.15, -0.1) is 0 Å². The Hall–Kier alpha value is -1.27. The molecule has 0 saturated heterocycles. The molecule has 0 spiro atoms. The summed E-state index contributed by atoms with van der Waals surface area (Å²) in [6, 6.07) is 11.3. The van der Waals surface area contributed by atoms with E-state index < -0.39 is 0 Å². The van der Waals surface area contributed by atoms with Gasteiger partial charge in [0.15, 0.2) is 0 Å². The molecule has 22 heavy (non-hydrogen) atoms. The fourth-order valence-electron chi connectivity index (χ4n) is 1.28. The first-order chi connectivity index (χ1) is 10.5. The van der Waals surface area contributed by atoms with Crippen LogP contribution in [0.25, 0.3) is 0 Å². The van der Waals surface area contributed by atoms with Crippen LogP contribution in [0.1, 0.15) is 25.2 Å². The van der Waals surface area contributed by atoms with Gasteiger partial charge in [-0.2, -0.15) is 0 Å². The summed E-state index contributed by atoms with van der Waals surface area (Å²) in [5.41, 5.74) is 1.75. The van der Waals surface area contributed by atoms with Crippen molar-refractivity contribution < 1.29 is 9.53 Å². The van der Waals surface area contributed by atoms with Crippen LogP contribution >= 0.6 is 31.9 Å². The third kappa shape index (κ3) is 9.63. The molecule has 6 heteroatoms. The van der Waals surface area contributed by atoms with E-state index in [0.29, 0.717) is 5.69 Å². The zero-order chi connectivity index (χ0) is 17.0. The Bertz CT molecular complexity index is 560. The number of rotatable bonds is 2. The molecule has 0 amide bonds. The van der Waals surface area contributed by atoms with Crippen LogP contribution in [0.3, 0.4) is 0 Å². The molecule has 0 aromatic carbocycles. The van der Waals surface area contributed by atoms with Gasteiger partial charge >= 0.3 is 5.97 Å². The Kier molecular flexibility index (Phi) is 11.6. The van der Waals surface area contributed by atoms with Crippen molar-refractivity contribution in [3.63, 3.8) is 0 Å². The molecule has 2 heterocycles. The summed E-state index contributed by atoms with van der Waals surface area (Å²) in [6.07, 6.45) is 0.218. The molecule has 0 bridgehead atoms. The number of carbonyl (C=O) groups excluding carboxylic acids is 1. The van der Waals surface area contributed by atoms with Crippen molar-refractivity contribution >= 4 is 37.8 Å². The van der Waals surface area contributed by atoms with Crippen LogP contribution in [0.2, 0.25) is 0 Å². The number of esters is 1. The molecular formula is C16H20Br2N2O2. The third-order valence-electron chi connectivity index (χ3n) is 2.18. The Morgan fingerprint density at radius 2 is 1.59 bits per heavy atom. The Labute approximate surface area is 148 Å². The van der Waals surface area contributed by atoms with Crippen LogP contribution < -0.4 is 0 Å². The summed E-state index contributed by atoms with van der Waals surface area (Å²) >= 11 is 6.46. The van der Waals surface area contributed by atoms with E-state index in [4.69, 9.17) is 0 Å². The lowest BCUT2D eigenvalue weighted by atomic mass is 10.3. The van der Waals surface area contributed by atoms with Crippen molar-refractivity contribution in [2.24, 2.45) is 0 Å². The summed E-state index contributed by atoms with van der Waals surface area (Å²) in [7, 11) is 1.36. The van der Waals surface area contributed by atoms with Crippen LogP contribution in [-0.4, -0.2) is 23.0 Å². The van der Waals surface area contributed by atoms with E-state index in [-0.39, 0.29) is 12.4 Å². The average Bonchev–Trinajstić information content (AvgIpc) is 2.49. The molecule has 0 aliphatic carbocycles. The van der Waals surface area contributed by atoms with Gasteiger partial charge in [0.1, 0.15) is 9.21 Å². The molecule has 0 unspecified atom stereocenters. The maximum absolute atomic E-state index is 10.8. The van der Waals surface area contributed by atoms with Gasteiger partial charge in [0.05, 0.1) is 19.2 Å². The molecule has 0 radical (unpaired) electrons. The first-order valence-electron chi connectivity index (χ1n) is 6.78. The molecule has 2 aromatic heterocycles. The van der Waals surface area contributed by atoms with Gasteiger partial charge in [-0.05, 0) is 63.0 Å². The van der Waals surface area contributed by atoms with Crippen molar-refractivity contribution in [3.8, 4) is 0 Å². The summed E-state index contributed by atoms with van der Waals surface area (Å²) in [4.78, 5) is 19.0. The fourth-order valence-corrected chi connectivity index (χ4v) is 2.09.